The first-order valence-electron chi connectivity index (χ1n) is 8.56. The monoisotopic (exact) mass is 350 g/mol. The lowest BCUT2D eigenvalue weighted by molar-refractivity contribution is -0.126. The lowest BCUT2D eigenvalue weighted by atomic mass is 9.78. The predicted molar refractivity (Wildman–Crippen MR) is 99.0 cm³/mol. The van der Waals surface area contributed by atoms with Crippen LogP contribution in [0.1, 0.15) is 37.7 Å². The van der Waals surface area contributed by atoms with Gasteiger partial charge in [-0.1, -0.05) is 36.6 Å². The SMILES string of the molecule is COc1cccc(C2(C(=O)NCC3=CCNCC3)CCCC2)c1.Cl. The minimum absolute atomic E-state index is 0. The second-order valence-corrected chi connectivity index (χ2v) is 6.52. The first-order chi connectivity index (χ1) is 11.2. The van der Waals surface area contributed by atoms with Crippen LogP contribution in [0.15, 0.2) is 35.9 Å². The molecule has 0 saturated heterocycles. The van der Waals surface area contributed by atoms with Crippen molar-refractivity contribution in [1.82, 2.24) is 10.6 Å². The van der Waals surface area contributed by atoms with E-state index in [-0.39, 0.29) is 23.7 Å². The van der Waals surface area contributed by atoms with Crippen molar-refractivity contribution in [3.8, 4) is 5.75 Å². The highest BCUT2D eigenvalue weighted by Crippen LogP contribution is 2.42. The number of nitrogens with one attached hydrogen (secondary N) is 2. The Kier molecular flexibility index (Phi) is 6.69. The van der Waals surface area contributed by atoms with Gasteiger partial charge in [-0.05, 0) is 43.5 Å². The number of hydrogen-bond donors (Lipinski definition) is 2. The zero-order valence-electron chi connectivity index (χ0n) is 14.3. The summed E-state index contributed by atoms with van der Waals surface area (Å²) in [6.45, 7) is 2.58. The maximum absolute atomic E-state index is 13.0. The fraction of sp³-hybridized carbons (Fsp3) is 0.526. The summed E-state index contributed by atoms with van der Waals surface area (Å²) in [7, 11) is 1.67. The third-order valence-electron chi connectivity index (χ3n) is 5.15. The van der Waals surface area contributed by atoms with E-state index in [1.54, 1.807) is 7.11 Å². The van der Waals surface area contributed by atoms with E-state index in [2.05, 4.69) is 22.8 Å². The predicted octanol–water partition coefficient (Wildman–Crippen LogP) is 2.96. The molecule has 1 amide bonds. The molecular weight excluding hydrogens is 324 g/mol. The summed E-state index contributed by atoms with van der Waals surface area (Å²) >= 11 is 0. The average Bonchev–Trinajstić information content (AvgIpc) is 3.12. The van der Waals surface area contributed by atoms with E-state index >= 15 is 0 Å². The highest BCUT2D eigenvalue weighted by atomic mass is 35.5. The topological polar surface area (TPSA) is 50.4 Å². The maximum atomic E-state index is 13.0. The van der Waals surface area contributed by atoms with Crippen LogP contribution in [-0.2, 0) is 10.2 Å². The number of benzene rings is 1. The summed E-state index contributed by atoms with van der Waals surface area (Å²) in [6, 6.07) is 8.01. The number of ether oxygens (including phenoxy) is 1. The van der Waals surface area contributed by atoms with E-state index < -0.39 is 0 Å². The number of carbonyl (C=O) groups excluding carboxylic acids is 1. The molecule has 24 heavy (non-hydrogen) atoms. The molecule has 1 aliphatic heterocycles. The molecule has 4 nitrogen and oxygen atoms in total. The minimum atomic E-state index is -0.387. The van der Waals surface area contributed by atoms with Gasteiger partial charge in [-0.2, -0.15) is 0 Å². The molecule has 0 spiro atoms. The molecule has 1 aliphatic carbocycles. The zero-order valence-corrected chi connectivity index (χ0v) is 15.1. The van der Waals surface area contributed by atoms with Gasteiger partial charge in [0.15, 0.2) is 0 Å². The van der Waals surface area contributed by atoms with Gasteiger partial charge in [0.2, 0.25) is 5.91 Å². The standard InChI is InChI=1S/C19H26N2O2.ClH/c1-23-17-6-4-5-16(13-17)19(9-2-3-10-19)18(22)21-14-15-7-11-20-12-8-15;/h4-7,13,20H,2-3,8-12,14H2,1H3,(H,21,22);1H. The smallest absolute Gasteiger partial charge is 0.230 e. The summed E-state index contributed by atoms with van der Waals surface area (Å²) in [6.07, 6.45) is 7.27. The Bertz CT molecular complexity index is 595. The molecular formula is C19H27ClN2O2. The molecule has 3 rings (SSSR count). The number of hydrogen-bond acceptors (Lipinski definition) is 3. The first kappa shape index (κ1) is 18.8. The molecule has 132 valence electrons. The van der Waals surface area contributed by atoms with Gasteiger partial charge in [-0.15, -0.1) is 12.4 Å². The molecule has 1 saturated carbocycles. The quantitative estimate of drug-likeness (QED) is 0.803. The van der Waals surface area contributed by atoms with Gasteiger partial charge >= 0.3 is 0 Å². The Labute approximate surface area is 150 Å². The van der Waals surface area contributed by atoms with Gasteiger partial charge < -0.3 is 15.4 Å². The second-order valence-electron chi connectivity index (χ2n) is 6.52. The van der Waals surface area contributed by atoms with Crippen LogP contribution in [0, 0.1) is 0 Å². The van der Waals surface area contributed by atoms with Crippen LogP contribution >= 0.6 is 12.4 Å². The number of halogens is 1. The largest absolute Gasteiger partial charge is 0.497 e. The average molecular weight is 351 g/mol. The molecule has 0 bridgehead atoms. The molecule has 5 heteroatoms. The number of amides is 1. The van der Waals surface area contributed by atoms with Crippen LogP contribution in [0.3, 0.4) is 0 Å². The second kappa shape index (κ2) is 8.54. The van der Waals surface area contributed by atoms with Crippen molar-refractivity contribution in [1.29, 1.82) is 0 Å². The molecule has 2 aliphatic rings. The van der Waals surface area contributed by atoms with E-state index in [0.717, 1.165) is 56.5 Å². The fourth-order valence-electron chi connectivity index (χ4n) is 3.74. The van der Waals surface area contributed by atoms with Crippen LogP contribution in [0.25, 0.3) is 0 Å². The van der Waals surface area contributed by atoms with Gasteiger partial charge in [0, 0.05) is 13.1 Å². The zero-order chi connectivity index (χ0) is 16.1. The van der Waals surface area contributed by atoms with Crippen molar-refractivity contribution >= 4 is 18.3 Å². The molecule has 1 aromatic rings. The molecule has 0 unspecified atom stereocenters. The summed E-state index contributed by atoms with van der Waals surface area (Å²) < 4.78 is 5.35. The van der Waals surface area contributed by atoms with Crippen molar-refractivity contribution in [2.45, 2.75) is 37.5 Å². The van der Waals surface area contributed by atoms with Crippen LogP contribution in [-0.4, -0.2) is 32.7 Å². The third-order valence-corrected chi connectivity index (χ3v) is 5.15. The highest BCUT2D eigenvalue weighted by molar-refractivity contribution is 5.89. The van der Waals surface area contributed by atoms with E-state index in [4.69, 9.17) is 4.74 Å². The first-order valence-corrected chi connectivity index (χ1v) is 8.56. The van der Waals surface area contributed by atoms with Crippen LogP contribution in [0.5, 0.6) is 5.75 Å². The van der Waals surface area contributed by atoms with E-state index in [0.29, 0.717) is 6.54 Å². The van der Waals surface area contributed by atoms with Gasteiger partial charge in [0.1, 0.15) is 5.75 Å². The van der Waals surface area contributed by atoms with Crippen molar-refractivity contribution in [3.05, 3.63) is 41.5 Å². The van der Waals surface area contributed by atoms with E-state index in [1.807, 2.05) is 18.2 Å². The normalized spacial score (nSPS) is 19.1. The number of rotatable bonds is 5. The van der Waals surface area contributed by atoms with Crippen molar-refractivity contribution in [2.75, 3.05) is 26.7 Å². The molecule has 1 aromatic carbocycles. The van der Waals surface area contributed by atoms with Crippen LogP contribution < -0.4 is 15.4 Å². The summed E-state index contributed by atoms with van der Waals surface area (Å²) in [5.41, 5.74) is 2.03. The van der Waals surface area contributed by atoms with E-state index in [9.17, 15) is 4.79 Å². The van der Waals surface area contributed by atoms with Crippen molar-refractivity contribution < 1.29 is 9.53 Å². The van der Waals surface area contributed by atoms with Crippen molar-refractivity contribution in [2.24, 2.45) is 0 Å². The molecule has 2 N–H and O–H groups in total. The van der Waals surface area contributed by atoms with Gasteiger partial charge in [0.05, 0.1) is 12.5 Å². The Morgan fingerprint density at radius 1 is 1.33 bits per heavy atom. The van der Waals surface area contributed by atoms with Gasteiger partial charge in [-0.3, -0.25) is 4.79 Å². The Morgan fingerprint density at radius 2 is 2.12 bits per heavy atom. The third kappa shape index (κ3) is 3.93. The molecule has 0 radical (unpaired) electrons. The molecule has 0 atom stereocenters. The van der Waals surface area contributed by atoms with Crippen molar-refractivity contribution in [3.63, 3.8) is 0 Å². The Morgan fingerprint density at radius 3 is 2.79 bits per heavy atom. The lowest BCUT2D eigenvalue weighted by Gasteiger charge is -2.29. The molecule has 1 heterocycles. The summed E-state index contributed by atoms with van der Waals surface area (Å²) in [5, 5.41) is 6.50. The van der Waals surface area contributed by atoms with Gasteiger partial charge in [0.25, 0.3) is 0 Å². The van der Waals surface area contributed by atoms with Crippen LogP contribution in [0.4, 0.5) is 0 Å². The Balaban J connectivity index is 0.00000208. The van der Waals surface area contributed by atoms with Crippen LogP contribution in [0.2, 0.25) is 0 Å². The van der Waals surface area contributed by atoms with E-state index in [1.165, 1.54) is 5.57 Å². The maximum Gasteiger partial charge on any atom is 0.230 e. The number of methoxy groups -OCH3 is 1. The fourth-order valence-corrected chi connectivity index (χ4v) is 3.74. The lowest BCUT2D eigenvalue weighted by Crippen LogP contribution is -2.43. The number of carbonyl (C=O) groups is 1. The molecule has 1 fully saturated rings. The highest BCUT2D eigenvalue weighted by Gasteiger charge is 2.42. The molecule has 0 aromatic heterocycles. The minimum Gasteiger partial charge on any atom is -0.497 e. The Hall–Kier alpha value is -1.52. The van der Waals surface area contributed by atoms with Gasteiger partial charge in [-0.25, -0.2) is 0 Å². The summed E-state index contributed by atoms with van der Waals surface area (Å²) in [5.74, 6) is 0.991. The summed E-state index contributed by atoms with van der Waals surface area (Å²) in [4.78, 5) is 13.0.